The number of benzene rings is 1. The first-order valence-corrected chi connectivity index (χ1v) is 6.53. The Labute approximate surface area is 113 Å². The van der Waals surface area contributed by atoms with Crippen molar-refractivity contribution in [3.8, 4) is 0 Å². The second-order valence-corrected chi connectivity index (χ2v) is 4.13. The van der Waals surface area contributed by atoms with Crippen LogP contribution in [0.2, 0.25) is 0 Å². The summed E-state index contributed by atoms with van der Waals surface area (Å²) in [6, 6.07) is 9.48. The number of hydrogen-bond acceptors (Lipinski definition) is 4. The van der Waals surface area contributed by atoms with E-state index in [1.807, 2.05) is 30.3 Å². The second kappa shape index (κ2) is 8.29. The smallest absolute Gasteiger partial charge is 0.306 e. The van der Waals surface area contributed by atoms with Gasteiger partial charge in [-0.05, 0) is 19.4 Å². The molecule has 0 radical (unpaired) electrons. The van der Waals surface area contributed by atoms with Gasteiger partial charge in [-0.1, -0.05) is 30.3 Å². The van der Waals surface area contributed by atoms with E-state index >= 15 is 0 Å². The maximum absolute atomic E-state index is 11.6. The Balaban J connectivity index is 2.73. The lowest BCUT2D eigenvalue weighted by atomic mass is 9.92. The average molecular weight is 264 g/mol. The van der Waals surface area contributed by atoms with E-state index in [1.165, 1.54) is 0 Å². The van der Waals surface area contributed by atoms with Crippen LogP contribution in [0.5, 0.6) is 0 Å². The normalized spacial score (nSPS) is 10.3. The van der Waals surface area contributed by atoms with Crippen molar-refractivity contribution in [2.24, 2.45) is 0 Å². The first-order chi connectivity index (χ1) is 9.17. The highest BCUT2D eigenvalue weighted by Crippen LogP contribution is 2.24. The van der Waals surface area contributed by atoms with E-state index in [0.29, 0.717) is 13.2 Å². The highest BCUT2D eigenvalue weighted by atomic mass is 16.5. The van der Waals surface area contributed by atoms with Crippen LogP contribution in [0.4, 0.5) is 0 Å². The predicted molar refractivity (Wildman–Crippen MR) is 71.7 cm³/mol. The molecule has 0 aliphatic heterocycles. The Kier molecular flexibility index (Phi) is 6.64. The van der Waals surface area contributed by atoms with E-state index in [-0.39, 0.29) is 30.7 Å². The monoisotopic (exact) mass is 264 g/mol. The van der Waals surface area contributed by atoms with Crippen LogP contribution >= 0.6 is 0 Å². The Morgan fingerprint density at radius 1 is 0.947 bits per heavy atom. The van der Waals surface area contributed by atoms with Crippen molar-refractivity contribution in [1.82, 2.24) is 0 Å². The quantitative estimate of drug-likeness (QED) is 0.710. The molecule has 0 bridgehead atoms. The number of ether oxygens (including phenoxy) is 2. The summed E-state index contributed by atoms with van der Waals surface area (Å²) in [5.74, 6) is -0.777. The molecule has 0 N–H and O–H groups in total. The molecule has 0 aliphatic carbocycles. The number of carbonyl (C=O) groups excluding carboxylic acids is 2. The van der Waals surface area contributed by atoms with E-state index in [0.717, 1.165) is 5.56 Å². The van der Waals surface area contributed by atoms with Crippen molar-refractivity contribution < 1.29 is 19.1 Å². The van der Waals surface area contributed by atoms with Gasteiger partial charge in [-0.2, -0.15) is 0 Å². The molecule has 0 fully saturated rings. The van der Waals surface area contributed by atoms with Crippen molar-refractivity contribution in [1.29, 1.82) is 0 Å². The van der Waals surface area contributed by atoms with Crippen LogP contribution in [-0.4, -0.2) is 25.2 Å². The summed E-state index contributed by atoms with van der Waals surface area (Å²) >= 11 is 0. The molecule has 0 spiro atoms. The molecule has 1 aromatic carbocycles. The lowest BCUT2D eigenvalue weighted by molar-refractivity contribution is -0.145. The molecule has 4 heteroatoms. The van der Waals surface area contributed by atoms with Crippen molar-refractivity contribution in [3.63, 3.8) is 0 Å². The molecule has 0 aromatic heterocycles. The standard InChI is InChI=1S/C15H20O4/c1-3-18-14(16)10-13(11-15(17)19-4-2)12-8-6-5-7-9-12/h5-9,13H,3-4,10-11H2,1-2H3. The largest absolute Gasteiger partial charge is 0.466 e. The van der Waals surface area contributed by atoms with E-state index in [9.17, 15) is 9.59 Å². The molecule has 19 heavy (non-hydrogen) atoms. The van der Waals surface area contributed by atoms with Gasteiger partial charge in [-0.25, -0.2) is 0 Å². The molecule has 1 aromatic rings. The summed E-state index contributed by atoms with van der Waals surface area (Å²) in [4.78, 5) is 23.2. The molecule has 0 aliphatic rings. The van der Waals surface area contributed by atoms with E-state index in [1.54, 1.807) is 13.8 Å². The van der Waals surface area contributed by atoms with Crippen LogP contribution in [0.25, 0.3) is 0 Å². The summed E-state index contributed by atoms with van der Waals surface area (Å²) in [5.41, 5.74) is 0.948. The molecule has 0 unspecified atom stereocenters. The zero-order chi connectivity index (χ0) is 14.1. The number of rotatable bonds is 7. The van der Waals surface area contributed by atoms with Crippen molar-refractivity contribution in [2.45, 2.75) is 32.6 Å². The number of esters is 2. The highest BCUT2D eigenvalue weighted by molar-refractivity contribution is 5.74. The van der Waals surface area contributed by atoms with Gasteiger partial charge in [0.1, 0.15) is 0 Å². The van der Waals surface area contributed by atoms with E-state index < -0.39 is 0 Å². The molecule has 0 heterocycles. The molecule has 1 rings (SSSR count). The van der Waals surface area contributed by atoms with Gasteiger partial charge in [0, 0.05) is 5.92 Å². The topological polar surface area (TPSA) is 52.6 Å². The predicted octanol–water partition coefficient (Wildman–Crippen LogP) is 2.68. The summed E-state index contributed by atoms with van der Waals surface area (Å²) in [6.45, 7) is 4.22. The minimum absolute atomic E-state index is 0.191. The van der Waals surface area contributed by atoms with Gasteiger partial charge in [-0.15, -0.1) is 0 Å². The van der Waals surface area contributed by atoms with Gasteiger partial charge < -0.3 is 9.47 Å². The first kappa shape index (κ1) is 15.2. The molecular weight excluding hydrogens is 244 g/mol. The maximum atomic E-state index is 11.6. The van der Waals surface area contributed by atoms with Crippen LogP contribution in [-0.2, 0) is 19.1 Å². The Morgan fingerprint density at radius 2 is 1.42 bits per heavy atom. The lowest BCUT2D eigenvalue weighted by Gasteiger charge is -2.15. The summed E-state index contributed by atoms with van der Waals surface area (Å²) in [6.07, 6.45) is 0.382. The number of carbonyl (C=O) groups is 2. The Morgan fingerprint density at radius 3 is 1.84 bits per heavy atom. The maximum Gasteiger partial charge on any atom is 0.306 e. The molecule has 104 valence electrons. The molecule has 0 atom stereocenters. The van der Waals surface area contributed by atoms with E-state index in [4.69, 9.17) is 9.47 Å². The lowest BCUT2D eigenvalue weighted by Crippen LogP contribution is -2.15. The summed E-state index contributed by atoms with van der Waals surface area (Å²) in [5, 5.41) is 0. The van der Waals surface area contributed by atoms with Gasteiger partial charge in [0.05, 0.1) is 26.1 Å². The molecule has 0 saturated heterocycles. The van der Waals surface area contributed by atoms with Gasteiger partial charge in [0.15, 0.2) is 0 Å². The van der Waals surface area contributed by atoms with Gasteiger partial charge in [-0.3, -0.25) is 9.59 Å². The summed E-state index contributed by atoms with van der Waals surface area (Å²) in [7, 11) is 0. The minimum Gasteiger partial charge on any atom is -0.466 e. The van der Waals surface area contributed by atoms with Gasteiger partial charge >= 0.3 is 11.9 Å². The van der Waals surface area contributed by atoms with Gasteiger partial charge in [0.2, 0.25) is 0 Å². The third-order valence-corrected chi connectivity index (χ3v) is 2.71. The Hall–Kier alpha value is -1.84. The highest BCUT2D eigenvalue weighted by Gasteiger charge is 2.20. The van der Waals surface area contributed by atoms with Crippen LogP contribution in [0.1, 0.15) is 38.2 Å². The Bertz CT molecular complexity index is 380. The second-order valence-electron chi connectivity index (χ2n) is 4.13. The fraction of sp³-hybridized carbons (Fsp3) is 0.467. The zero-order valence-corrected chi connectivity index (χ0v) is 11.4. The summed E-state index contributed by atoms with van der Waals surface area (Å²) < 4.78 is 9.89. The van der Waals surface area contributed by atoms with E-state index in [2.05, 4.69) is 0 Å². The van der Waals surface area contributed by atoms with Crippen LogP contribution in [0.15, 0.2) is 30.3 Å². The third-order valence-electron chi connectivity index (χ3n) is 2.71. The molecule has 4 nitrogen and oxygen atoms in total. The molecule has 0 saturated carbocycles. The first-order valence-electron chi connectivity index (χ1n) is 6.53. The molecule has 0 amide bonds. The van der Waals surface area contributed by atoms with Crippen molar-refractivity contribution >= 4 is 11.9 Å². The molecular formula is C15H20O4. The fourth-order valence-electron chi connectivity index (χ4n) is 1.88. The fourth-order valence-corrected chi connectivity index (χ4v) is 1.88. The van der Waals surface area contributed by atoms with Gasteiger partial charge in [0.25, 0.3) is 0 Å². The van der Waals surface area contributed by atoms with Crippen molar-refractivity contribution in [2.75, 3.05) is 13.2 Å². The SMILES string of the molecule is CCOC(=O)CC(CC(=O)OCC)c1ccccc1. The number of hydrogen-bond donors (Lipinski definition) is 0. The van der Waals surface area contributed by atoms with Crippen molar-refractivity contribution in [3.05, 3.63) is 35.9 Å². The van der Waals surface area contributed by atoms with Crippen LogP contribution in [0.3, 0.4) is 0 Å². The minimum atomic E-state index is -0.291. The zero-order valence-electron chi connectivity index (χ0n) is 11.4. The third kappa shape index (κ3) is 5.55. The van der Waals surface area contributed by atoms with Crippen LogP contribution < -0.4 is 0 Å². The average Bonchev–Trinajstić information content (AvgIpc) is 2.39. The van der Waals surface area contributed by atoms with Crippen LogP contribution in [0, 0.1) is 0 Å².